The smallest absolute Gasteiger partial charge is 0.476 e. The van der Waals surface area contributed by atoms with Gasteiger partial charge in [0, 0.05) is 5.69 Å². The predicted molar refractivity (Wildman–Crippen MR) is 68.1 cm³/mol. The number of nitrogen functional groups attached to an aromatic ring is 1. The van der Waals surface area contributed by atoms with Crippen molar-refractivity contribution >= 4 is 22.6 Å². The van der Waals surface area contributed by atoms with Gasteiger partial charge in [0.2, 0.25) is 11.1 Å². The maximum atomic E-state index is 13.0. The summed E-state index contributed by atoms with van der Waals surface area (Å²) in [6, 6.07) is 1.11. The molecule has 0 unspecified atom stereocenters. The summed E-state index contributed by atoms with van der Waals surface area (Å²) in [4.78, 5) is 23.0. The molecule has 0 aliphatic heterocycles. The molecule has 0 fully saturated rings. The van der Waals surface area contributed by atoms with Gasteiger partial charge in [0.25, 0.3) is 0 Å². The lowest BCUT2D eigenvalue weighted by Gasteiger charge is -2.16. The fraction of sp³-hybridized carbons (Fsp3) is 0.250. The summed E-state index contributed by atoms with van der Waals surface area (Å²) < 4.78 is 38.6. The molecule has 1 heterocycles. The Bertz CT molecular complexity index is 825. The highest BCUT2D eigenvalue weighted by molar-refractivity contribution is 5.97. The van der Waals surface area contributed by atoms with E-state index in [0.717, 1.165) is 6.07 Å². The van der Waals surface area contributed by atoms with Gasteiger partial charge in [0.1, 0.15) is 0 Å². The zero-order valence-electron chi connectivity index (χ0n) is 10.9. The quantitative estimate of drug-likeness (QED) is 0.782. The first-order valence-corrected chi connectivity index (χ1v) is 5.69. The predicted octanol–water partition coefficient (Wildman–Crippen LogP) is 1.77. The molecule has 0 saturated heterocycles. The fourth-order valence-electron chi connectivity index (χ4n) is 1.98. The van der Waals surface area contributed by atoms with Crippen molar-refractivity contribution in [1.82, 2.24) is 9.78 Å². The van der Waals surface area contributed by atoms with E-state index in [1.54, 1.807) is 0 Å². The largest absolute Gasteiger partial charge is 0.505 e. The monoisotopic (exact) mass is 301 g/mol. The van der Waals surface area contributed by atoms with Gasteiger partial charge in [-0.25, -0.2) is 4.79 Å². The van der Waals surface area contributed by atoms with Crippen LogP contribution >= 0.6 is 0 Å². The molecule has 21 heavy (non-hydrogen) atoms. The summed E-state index contributed by atoms with van der Waals surface area (Å²) in [5.41, 5.74) is 3.42. The van der Waals surface area contributed by atoms with Crippen molar-refractivity contribution in [3.63, 3.8) is 0 Å². The SMILES string of the molecule is Cc1cc2c(c(N)c1C)c(=O)c(C(=O)O)nn2C(F)(F)F. The van der Waals surface area contributed by atoms with E-state index in [-0.39, 0.29) is 5.69 Å². The van der Waals surface area contributed by atoms with Gasteiger partial charge in [-0.3, -0.25) is 4.79 Å². The molecular formula is C12H10F3N3O3. The highest BCUT2D eigenvalue weighted by Crippen LogP contribution is 2.30. The Morgan fingerprint density at radius 1 is 1.38 bits per heavy atom. The lowest BCUT2D eigenvalue weighted by molar-refractivity contribution is -0.209. The van der Waals surface area contributed by atoms with E-state index in [4.69, 9.17) is 10.8 Å². The minimum absolute atomic E-state index is 0.182. The number of aryl methyl sites for hydroxylation is 1. The van der Waals surface area contributed by atoms with E-state index in [1.165, 1.54) is 13.8 Å². The first-order valence-electron chi connectivity index (χ1n) is 5.69. The van der Waals surface area contributed by atoms with Crippen molar-refractivity contribution in [3.8, 4) is 0 Å². The second-order valence-corrected chi connectivity index (χ2v) is 4.49. The second-order valence-electron chi connectivity index (χ2n) is 4.49. The number of fused-ring (bicyclic) bond motifs is 1. The lowest BCUT2D eigenvalue weighted by atomic mass is 10.0. The molecule has 1 aromatic carbocycles. The fourth-order valence-corrected chi connectivity index (χ4v) is 1.98. The number of nitrogens with zero attached hydrogens (tertiary/aromatic N) is 2. The van der Waals surface area contributed by atoms with E-state index in [0.29, 0.717) is 11.1 Å². The number of aromatic carboxylic acids is 1. The van der Waals surface area contributed by atoms with Crippen LogP contribution in [0.4, 0.5) is 18.9 Å². The van der Waals surface area contributed by atoms with Gasteiger partial charge in [-0.2, -0.15) is 9.78 Å². The molecule has 112 valence electrons. The van der Waals surface area contributed by atoms with Crippen molar-refractivity contribution in [2.24, 2.45) is 0 Å². The topological polar surface area (TPSA) is 98.2 Å². The number of hydrogen-bond donors (Lipinski definition) is 2. The molecule has 0 saturated carbocycles. The molecule has 0 bridgehead atoms. The van der Waals surface area contributed by atoms with Gasteiger partial charge in [0.05, 0.1) is 10.9 Å². The zero-order valence-corrected chi connectivity index (χ0v) is 10.9. The third kappa shape index (κ3) is 2.20. The number of aromatic nitrogens is 2. The zero-order chi connectivity index (χ0) is 16.1. The van der Waals surface area contributed by atoms with E-state index in [2.05, 4.69) is 5.10 Å². The average Bonchev–Trinajstić information content (AvgIpc) is 2.34. The molecule has 3 N–H and O–H groups in total. The molecule has 0 aliphatic rings. The number of alkyl halides is 3. The molecule has 0 amide bonds. The summed E-state index contributed by atoms with van der Waals surface area (Å²) >= 11 is 0. The van der Waals surface area contributed by atoms with Gasteiger partial charge in [-0.15, -0.1) is 13.2 Å². The van der Waals surface area contributed by atoms with Crippen molar-refractivity contribution in [2.75, 3.05) is 5.73 Å². The van der Waals surface area contributed by atoms with Crippen molar-refractivity contribution in [2.45, 2.75) is 20.1 Å². The molecule has 9 heteroatoms. The van der Waals surface area contributed by atoms with Crippen LogP contribution in [0.2, 0.25) is 0 Å². The molecule has 0 aliphatic carbocycles. The van der Waals surface area contributed by atoms with Gasteiger partial charge >= 0.3 is 12.3 Å². The first kappa shape index (κ1) is 14.8. The molecule has 0 atom stereocenters. The number of carboxylic acid groups (broad SMARTS) is 1. The number of carboxylic acids is 1. The van der Waals surface area contributed by atoms with Crippen molar-refractivity contribution < 1.29 is 23.1 Å². The Morgan fingerprint density at radius 3 is 2.43 bits per heavy atom. The first-order chi connectivity index (χ1) is 9.55. The van der Waals surface area contributed by atoms with Crippen LogP contribution in [0, 0.1) is 13.8 Å². The minimum atomic E-state index is -4.98. The molecule has 2 aromatic rings. The molecule has 6 nitrogen and oxygen atoms in total. The number of rotatable bonds is 1. The van der Waals surface area contributed by atoms with E-state index in [1.807, 2.05) is 0 Å². The van der Waals surface area contributed by atoms with Gasteiger partial charge in [0.15, 0.2) is 0 Å². The Hall–Kier alpha value is -2.58. The highest BCUT2D eigenvalue weighted by Gasteiger charge is 2.35. The van der Waals surface area contributed by atoms with E-state index < -0.39 is 39.0 Å². The minimum Gasteiger partial charge on any atom is -0.476 e. The van der Waals surface area contributed by atoms with Gasteiger partial charge < -0.3 is 10.8 Å². The second kappa shape index (κ2) is 4.47. The maximum absolute atomic E-state index is 13.0. The van der Waals surface area contributed by atoms with Crippen LogP contribution in [0.3, 0.4) is 0 Å². The third-order valence-electron chi connectivity index (χ3n) is 3.19. The van der Waals surface area contributed by atoms with Crippen LogP contribution in [-0.4, -0.2) is 20.9 Å². The highest BCUT2D eigenvalue weighted by atomic mass is 19.4. The molecule has 1 aromatic heterocycles. The van der Waals surface area contributed by atoms with Crippen LogP contribution in [0.25, 0.3) is 10.9 Å². The standard InChI is InChI=1S/C12H10F3N3O3/c1-4-3-6-7(8(16)5(4)2)10(19)9(11(20)21)17-18(6)12(13,14)15/h3H,16H2,1-2H3,(H,20,21). The summed E-state index contributed by atoms with van der Waals surface area (Å²) in [6.07, 6.45) is -4.98. The number of nitrogens with two attached hydrogens (primary N) is 1. The van der Waals surface area contributed by atoms with E-state index in [9.17, 15) is 22.8 Å². The van der Waals surface area contributed by atoms with Crippen LogP contribution in [0.15, 0.2) is 10.9 Å². The number of carbonyl (C=O) groups is 1. The van der Waals surface area contributed by atoms with Crippen LogP contribution in [-0.2, 0) is 6.30 Å². The van der Waals surface area contributed by atoms with Crippen LogP contribution in [0.1, 0.15) is 21.6 Å². The summed E-state index contributed by atoms with van der Waals surface area (Å²) in [5, 5.41) is 11.3. The number of anilines is 1. The Morgan fingerprint density at radius 2 is 1.95 bits per heavy atom. The van der Waals surface area contributed by atoms with Crippen LogP contribution < -0.4 is 11.2 Å². The molecule has 2 rings (SSSR count). The Labute approximate surface area is 115 Å². The lowest BCUT2D eigenvalue weighted by Crippen LogP contribution is -2.29. The summed E-state index contributed by atoms with van der Waals surface area (Å²) in [6.45, 7) is 3.06. The summed E-state index contributed by atoms with van der Waals surface area (Å²) in [5.74, 6) is -1.85. The number of halogens is 3. The molecular weight excluding hydrogens is 291 g/mol. The van der Waals surface area contributed by atoms with Crippen molar-refractivity contribution in [3.05, 3.63) is 33.1 Å². The number of hydrogen-bond acceptors (Lipinski definition) is 4. The Kier molecular flexibility index (Phi) is 3.15. The van der Waals surface area contributed by atoms with E-state index >= 15 is 0 Å². The van der Waals surface area contributed by atoms with Crippen molar-refractivity contribution in [1.29, 1.82) is 0 Å². The molecule has 0 spiro atoms. The maximum Gasteiger partial charge on any atom is 0.505 e. The van der Waals surface area contributed by atoms with Crippen LogP contribution in [0.5, 0.6) is 0 Å². The summed E-state index contributed by atoms with van der Waals surface area (Å²) in [7, 11) is 0. The van der Waals surface area contributed by atoms with Gasteiger partial charge in [-0.1, -0.05) is 0 Å². The van der Waals surface area contributed by atoms with Gasteiger partial charge in [-0.05, 0) is 31.0 Å². The Balaban J connectivity index is 3.15. The normalized spacial score (nSPS) is 11.9. The molecule has 0 radical (unpaired) electrons. The third-order valence-corrected chi connectivity index (χ3v) is 3.19. The number of benzene rings is 1. The average molecular weight is 301 g/mol.